The zero-order chi connectivity index (χ0) is 19.1. The summed E-state index contributed by atoms with van der Waals surface area (Å²) >= 11 is 7.59. The second-order valence-electron chi connectivity index (χ2n) is 6.05. The van der Waals surface area contributed by atoms with Crippen molar-refractivity contribution in [3.05, 3.63) is 63.9 Å². The first kappa shape index (κ1) is 19.4. The van der Waals surface area contributed by atoms with Gasteiger partial charge < -0.3 is 10.1 Å². The number of hydrogen-bond donors (Lipinski definition) is 1. The van der Waals surface area contributed by atoms with Gasteiger partial charge in [-0.1, -0.05) is 23.7 Å². The molecule has 0 radical (unpaired) electrons. The van der Waals surface area contributed by atoms with Crippen LogP contribution in [0.1, 0.15) is 4.88 Å². The summed E-state index contributed by atoms with van der Waals surface area (Å²) in [6, 6.07) is 13.1. The quantitative estimate of drug-likeness (QED) is 0.592. The maximum atomic E-state index is 12.3. The number of halogens is 1. The molecule has 0 atom stereocenters. The number of ether oxygens (including phenoxy) is 1. The minimum atomic E-state index is -0.0896. The maximum Gasteiger partial charge on any atom is 0.239 e. The molecular weight excluding hydrogens is 384 g/mol. The van der Waals surface area contributed by atoms with Gasteiger partial charge in [-0.05, 0) is 36.7 Å². The lowest BCUT2D eigenvalue weighted by atomic mass is 10.3. The number of thiophene rings is 1. The molecule has 0 bridgehead atoms. The van der Waals surface area contributed by atoms with Crippen molar-refractivity contribution in [3.63, 3.8) is 0 Å². The van der Waals surface area contributed by atoms with Gasteiger partial charge in [-0.15, -0.1) is 11.3 Å². The van der Waals surface area contributed by atoms with Crippen LogP contribution in [0.2, 0.25) is 5.02 Å². The van der Waals surface area contributed by atoms with Crippen LogP contribution < -0.4 is 10.1 Å². The van der Waals surface area contributed by atoms with Crippen molar-refractivity contribution in [2.24, 2.45) is 0 Å². The molecular formula is C19H21ClN4O2S. The number of carbonyl (C=O) groups is 1. The molecule has 27 heavy (non-hydrogen) atoms. The summed E-state index contributed by atoms with van der Waals surface area (Å²) in [4.78, 5) is 15.4. The summed E-state index contributed by atoms with van der Waals surface area (Å²) < 4.78 is 7.44. The fourth-order valence-corrected chi connectivity index (χ4v) is 3.36. The van der Waals surface area contributed by atoms with Gasteiger partial charge in [0.05, 0.1) is 19.3 Å². The van der Waals surface area contributed by atoms with Gasteiger partial charge in [-0.3, -0.25) is 9.69 Å². The van der Waals surface area contributed by atoms with Crippen molar-refractivity contribution in [1.82, 2.24) is 14.7 Å². The Morgan fingerprint density at radius 2 is 2.22 bits per heavy atom. The Morgan fingerprint density at radius 3 is 3.00 bits per heavy atom. The maximum absolute atomic E-state index is 12.3. The molecule has 3 rings (SSSR count). The lowest BCUT2D eigenvalue weighted by Crippen LogP contribution is -2.33. The minimum Gasteiger partial charge on any atom is -0.492 e. The summed E-state index contributed by atoms with van der Waals surface area (Å²) in [5, 5.41) is 9.86. The number of rotatable bonds is 9. The first-order valence-corrected chi connectivity index (χ1v) is 9.77. The van der Waals surface area contributed by atoms with E-state index in [9.17, 15) is 4.79 Å². The lowest BCUT2D eigenvalue weighted by Gasteiger charge is -2.17. The second-order valence-corrected chi connectivity index (χ2v) is 7.51. The average molecular weight is 405 g/mol. The summed E-state index contributed by atoms with van der Waals surface area (Å²) in [6.45, 7) is 2.00. The molecule has 142 valence electrons. The number of hydrogen-bond acceptors (Lipinski definition) is 5. The fourth-order valence-electron chi connectivity index (χ4n) is 2.50. The highest BCUT2D eigenvalue weighted by atomic mass is 35.5. The van der Waals surface area contributed by atoms with Crippen LogP contribution in [0.15, 0.2) is 54.0 Å². The van der Waals surface area contributed by atoms with Gasteiger partial charge in [0.25, 0.3) is 0 Å². The smallest absolute Gasteiger partial charge is 0.239 e. The van der Waals surface area contributed by atoms with Gasteiger partial charge in [0.1, 0.15) is 18.2 Å². The molecule has 0 spiro atoms. The van der Waals surface area contributed by atoms with Gasteiger partial charge in [0.15, 0.2) is 0 Å². The van der Waals surface area contributed by atoms with E-state index in [2.05, 4.69) is 10.4 Å². The number of nitrogens with one attached hydrogen (secondary N) is 1. The van der Waals surface area contributed by atoms with Crippen LogP contribution in [-0.2, 0) is 11.3 Å². The molecule has 1 N–H and O–H groups in total. The van der Waals surface area contributed by atoms with Crippen LogP contribution in [-0.4, -0.2) is 47.3 Å². The molecule has 2 aromatic heterocycles. The highest BCUT2D eigenvalue weighted by Crippen LogP contribution is 2.17. The third-order valence-corrected chi connectivity index (χ3v) is 4.92. The Morgan fingerprint density at radius 1 is 1.33 bits per heavy atom. The SMILES string of the molecule is CN(CCOc1cccc(Cl)c1)CC(=O)Nc1ccnn1Cc1cccs1. The highest BCUT2D eigenvalue weighted by molar-refractivity contribution is 7.09. The third-order valence-electron chi connectivity index (χ3n) is 3.82. The van der Waals surface area contributed by atoms with Gasteiger partial charge in [-0.2, -0.15) is 5.10 Å². The summed E-state index contributed by atoms with van der Waals surface area (Å²) in [6.07, 6.45) is 1.69. The minimum absolute atomic E-state index is 0.0896. The molecule has 0 saturated heterocycles. The monoisotopic (exact) mass is 404 g/mol. The zero-order valence-electron chi connectivity index (χ0n) is 15.0. The van der Waals surface area contributed by atoms with Crippen molar-refractivity contribution >= 4 is 34.7 Å². The van der Waals surface area contributed by atoms with E-state index in [1.54, 1.807) is 40.4 Å². The average Bonchev–Trinajstić information content (AvgIpc) is 3.28. The second kappa shape index (κ2) is 9.55. The summed E-state index contributed by atoms with van der Waals surface area (Å²) in [5.41, 5.74) is 0. The van der Waals surface area contributed by atoms with E-state index in [1.807, 2.05) is 41.6 Å². The standard InChI is InChI=1S/C19H21ClN4O2S/c1-23(9-10-26-16-5-2-4-15(20)12-16)14-19(25)22-18-7-8-21-24(18)13-17-6-3-11-27-17/h2-8,11-12H,9-10,13-14H2,1H3,(H,22,25). The van der Waals surface area contributed by atoms with Crippen LogP contribution in [0, 0.1) is 0 Å². The first-order chi connectivity index (χ1) is 13.1. The molecule has 0 aliphatic rings. The van der Waals surface area contributed by atoms with E-state index in [-0.39, 0.29) is 12.5 Å². The Labute approximate surface area is 167 Å². The van der Waals surface area contributed by atoms with Gasteiger partial charge >= 0.3 is 0 Å². The van der Waals surface area contributed by atoms with Crippen molar-refractivity contribution < 1.29 is 9.53 Å². The third kappa shape index (κ3) is 6.09. The number of anilines is 1. The number of likely N-dealkylation sites (N-methyl/N-ethyl adjacent to an activating group) is 1. The fraction of sp³-hybridized carbons (Fsp3) is 0.263. The molecule has 0 fully saturated rings. The topological polar surface area (TPSA) is 59.4 Å². The normalized spacial score (nSPS) is 10.9. The Balaban J connectivity index is 1.43. The zero-order valence-corrected chi connectivity index (χ0v) is 16.5. The van der Waals surface area contributed by atoms with E-state index in [1.165, 1.54) is 4.88 Å². The molecule has 1 amide bonds. The molecule has 6 nitrogen and oxygen atoms in total. The van der Waals surface area contributed by atoms with Crippen LogP contribution in [0.3, 0.4) is 0 Å². The van der Waals surface area contributed by atoms with Gasteiger partial charge in [0, 0.05) is 22.5 Å². The van der Waals surface area contributed by atoms with Crippen molar-refractivity contribution in [2.75, 3.05) is 32.1 Å². The molecule has 8 heteroatoms. The Kier molecular flexibility index (Phi) is 6.86. The highest BCUT2D eigenvalue weighted by Gasteiger charge is 2.11. The molecule has 0 aliphatic carbocycles. The summed E-state index contributed by atoms with van der Waals surface area (Å²) in [7, 11) is 1.88. The van der Waals surface area contributed by atoms with Crippen LogP contribution in [0.25, 0.3) is 0 Å². The molecule has 2 heterocycles. The van der Waals surface area contributed by atoms with Gasteiger partial charge in [-0.25, -0.2) is 4.68 Å². The largest absolute Gasteiger partial charge is 0.492 e. The van der Waals surface area contributed by atoms with Crippen LogP contribution in [0.4, 0.5) is 5.82 Å². The van der Waals surface area contributed by atoms with Crippen molar-refractivity contribution in [2.45, 2.75) is 6.54 Å². The first-order valence-electron chi connectivity index (χ1n) is 8.51. The van der Waals surface area contributed by atoms with Crippen molar-refractivity contribution in [1.29, 1.82) is 0 Å². The Hall–Kier alpha value is -2.35. The molecule has 0 unspecified atom stereocenters. The Bertz CT molecular complexity index is 866. The van der Waals surface area contributed by atoms with Crippen molar-refractivity contribution in [3.8, 4) is 5.75 Å². The molecule has 3 aromatic rings. The predicted octanol–water partition coefficient (Wildman–Crippen LogP) is 3.60. The van der Waals surface area contributed by atoms with E-state index in [0.29, 0.717) is 30.5 Å². The number of aromatic nitrogens is 2. The van der Waals surface area contributed by atoms with Crippen LogP contribution in [0.5, 0.6) is 5.75 Å². The number of benzene rings is 1. The van der Waals surface area contributed by atoms with Crippen LogP contribution >= 0.6 is 22.9 Å². The van der Waals surface area contributed by atoms with E-state index < -0.39 is 0 Å². The van der Waals surface area contributed by atoms with Gasteiger partial charge in [0.2, 0.25) is 5.91 Å². The summed E-state index contributed by atoms with van der Waals surface area (Å²) in [5.74, 6) is 1.32. The number of amides is 1. The van der Waals surface area contributed by atoms with E-state index in [4.69, 9.17) is 16.3 Å². The van der Waals surface area contributed by atoms with E-state index in [0.717, 1.165) is 5.75 Å². The molecule has 1 aromatic carbocycles. The number of nitrogens with zero attached hydrogens (tertiary/aromatic N) is 3. The lowest BCUT2D eigenvalue weighted by molar-refractivity contribution is -0.117. The molecule has 0 saturated carbocycles. The van der Waals surface area contributed by atoms with E-state index >= 15 is 0 Å². The number of carbonyl (C=O) groups excluding carboxylic acids is 1. The predicted molar refractivity (Wildman–Crippen MR) is 109 cm³/mol. The molecule has 0 aliphatic heterocycles.